The average molecular weight is 324 g/mol. The van der Waals surface area contributed by atoms with Gasteiger partial charge in [-0.1, -0.05) is 35.0 Å². The molecule has 0 bridgehead atoms. The third-order valence-electron chi connectivity index (χ3n) is 3.04. The van der Waals surface area contributed by atoms with Crippen LogP contribution in [0.4, 0.5) is 0 Å². The van der Waals surface area contributed by atoms with Gasteiger partial charge in [0.05, 0.1) is 6.04 Å². The number of nitrogens with zero attached hydrogens (tertiary/aromatic N) is 2. The summed E-state index contributed by atoms with van der Waals surface area (Å²) in [4.78, 5) is 0. The van der Waals surface area contributed by atoms with E-state index in [1.165, 1.54) is 5.56 Å². The Kier molecular flexibility index (Phi) is 4.71. The van der Waals surface area contributed by atoms with E-state index in [-0.39, 0.29) is 12.1 Å². The molecule has 1 aromatic heterocycles. The maximum Gasteiger partial charge on any atom is 0.233 e. The summed E-state index contributed by atoms with van der Waals surface area (Å²) in [5.41, 5.74) is 1.26. The minimum absolute atomic E-state index is 0.0368. The van der Waals surface area contributed by atoms with Gasteiger partial charge in [0.1, 0.15) is 0 Å². The lowest BCUT2D eigenvalue weighted by Crippen LogP contribution is -2.24. The number of benzene rings is 1. The number of aryl methyl sites for hydroxylation is 1. The van der Waals surface area contributed by atoms with Gasteiger partial charge in [-0.3, -0.25) is 5.32 Å². The summed E-state index contributed by atoms with van der Waals surface area (Å²) in [6, 6.07) is 8.67. The van der Waals surface area contributed by atoms with Crippen LogP contribution in [0.2, 0.25) is 0 Å². The molecule has 0 saturated carbocycles. The molecule has 2 unspecified atom stereocenters. The summed E-state index contributed by atoms with van der Waals surface area (Å²) in [7, 11) is 0. The van der Waals surface area contributed by atoms with Crippen molar-refractivity contribution in [3.05, 3.63) is 46.1 Å². The fourth-order valence-electron chi connectivity index (χ4n) is 2.00. The maximum absolute atomic E-state index is 5.45. The molecule has 1 heterocycles. The van der Waals surface area contributed by atoms with E-state index in [0.29, 0.717) is 11.8 Å². The van der Waals surface area contributed by atoms with Gasteiger partial charge >= 0.3 is 0 Å². The molecule has 2 aromatic rings. The third-order valence-corrected chi connectivity index (χ3v) is 3.57. The third kappa shape index (κ3) is 3.64. The van der Waals surface area contributed by atoms with E-state index in [4.69, 9.17) is 4.42 Å². The zero-order valence-corrected chi connectivity index (χ0v) is 12.9. The van der Waals surface area contributed by atoms with Crippen LogP contribution in [0.15, 0.2) is 33.2 Å². The van der Waals surface area contributed by atoms with Crippen molar-refractivity contribution < 1.29 is 4.42 Å². The largest absolute Gasteiger partial charge is 0.424 e. The lowest BCUT2D eigenvalue weighted by molar-refractivity contribution is 0.367. The molecule has 2 rings (SSSR count). The molecule has 4 nitrogen and oxygen atoms in total. The Labute approximate surface area is 121 Å². The topological polar surface area (TPSA) is 51.0 Å². The smallest absolute Gasteiger partial charge is 0.233 e. The molecule has 0 fully saturated rings. The first-order valence-corrected chi connectivity index (χ1v) is 7.21. The minimum Gasteiger partial charge on any atom is -0.424 e. The monoisotopic (exact) mass is 323 g/mol. The molecular weight excluding hydrogens is 306 g/mol. The lowest BCUT2D eigenvalue weighted by Gasteiger charge is -2.20. The van der Waals surface area contributed by atoms with Crippen molar-refractivity contribution in [3.8, 4) is 0 Å². The number of hydrogen-bond acceptors (Lipinski definition) is 4. The highest BCUT2D eigenvalue weighted by atomic mass is 79.9. The second-order valence-electron chi connectivity index (χ2n) is 4.56. The van der Waals surface area contributed by atoms with Crippen LogP contribution in [-0.4, -0.2) is 10.2 Å². The Hall–Kier alpha value is -1.20. The van der Waals surface area contributed by atoms with Crippen molar-refractivity contribution in [3.63, 3.8) is 0 Å². The van der Waals surface area contributed by atoms with E-state index in [1.54, 1.807) is 6.92 Å². The first-order chi connectivity index (χ1) is 9.10. The van der Waals surface area contributed by atoms with Crippen LogP contribution in [0.1, 0.15) is 49.7 Å². The molecular formula is C14H18BrN3O. The van der Waals surface area contributed by atoms with E-state index in [9.17, 15) is 0 Å². The van der Waals surface area contributed by atoms with E-state index in [0.717, 1.165) is 10.9 Å². The van der Waals surface area contributed by atoms with Crippen LogP contribution in [0, 0.1) is 6.92 Å². The summed E-state index contributed by atoms with van der Waals surface area (Å²) in [5, 5.41) is 11.4. The van der Waals surface area contributed by atoms with E-state index in [2.05, 4.69) is 62.6 Å². The standard InChI is InChI=1S/C14H18BrN3O/c1-4-13(11-5-7-12(15)8-6-11)16-9(2)14-18-17-10(3)19-14/h5-9,13,16H,4H2,1-3H3. The van der Waals surface area contributed by atoms with Crippen LogP contribution < -0.4 is 5.32 Å². The zero-order valence-electron chi connectivity index (χ0n) is 11.4. The van der Waals surface area contributed by atoms with Crippen molar-refractivity contribution in [2.75, 3.05) is 0 Å². The van der Waals surface area contributed by atoms with Crippen LogP contribution >= 0.6 is 15.9 Å². The van der Waals surface area contributed by atoms with Gasteiger partial charge in [0.15, 0.2) is 0 Å². The summed E-state index contributed by atoms with van der Waals surface area (Å²) >= 11 is 3.45. The van der Waals surface area contributed by atoms with Crippen molar-refractivity contribution >= 4 is 15.9 Å². The van der Waals surface area contributed by atoms with Crippen molar-refractivity contribution in [2.45, 2.75) is 39.3 Å². The molecule has 2 atom stereocenters. The quantitative estimate of drug-likeness (QED) is 0.905. The molecule has 0 amide bonds. The summed E-state index contributed by atoms with van der Waals surface area (Å²) in [5.74, 6) is 1.23. The number of hydrogen-bond donors (Lipinski definition) is 1. The lowest BCUT2D eigenvalue weighted by atomic mass is 10.0. The normalized spacial score (nSPS) is 14.3. The molecule has 1 aromatic carbocycles. The van der Waals surface area contributed by atoms with Gasteiger partial charge in [0.25, 0.3) is 0 Å². The Morgan fingerprint density at radius 2 is 1.95 bits per heavy atom. The van der Waals surface area contributed by atoms with Gasteiger partial charge in [-0.2, -0.15) is 0 Å². The molecule has 0 aliphatic heterocycles. The van der Waals surface area contributed by atoms with Crippen molar-refractivity contribution in [2.24, 2.45) is 0 Å². The number of rotatable bonds is 5. The molecule has 0 aliphatic carbocycles. The Bertz CT molecular complexity index is 524. The predicted octanol–water partition coefficient (Wildman–Crippen LogP) is 3.94. The van der Waals surface area contributed by atoms with Crippen LogP contribution in [0.5, 0.6) is 0 Å². The maximum atomic E-state index is 5.45. The van der Waals surface area contributed by atoms with Crippen molar-refractivity contribution in [1.29, 1.82) is 0 Å². The molecule has 102 valence electrons. The molecule has 1 N–H and O–H groups in total. The predicted molar refractivity (Wildman–Crippen MR) is 77.8 cm³/mol. The first kappa shape index (κ1) is 14.2. The second-order valence-corrected chi connectivity index (χ2v) is 5.48. The van der Waals surface area contributed by atoms with Crippen LogP contribution in [0.3, 0.4) is 0 Å². The first-order valence-electron chi connectivity index (χ1n) is 6.41. The highest BCUT2D eigenvalue weighted by Gasteiger charge is 2.17. The Balaban J connectivity index is 2.08. The van der Waals surface area contributed by atoms with Gasteiger partial charge in [0.2, 0.25) is 11.8 Å². The van der Waals surface area contributed by atoms with Gasteiger partial charge < -0.3 is 4.42 Å². The van der Waals surface area contributed by atoms with Crippen molar-refractivity contribution in [1.82, 2.24) is 15.5 Å². The number of aromatic nitrogens is 2. The fraction of sp³-hybridized carbons (Fsp3) is 0.429. The Morgan fingerprint density at radius 1 is 1.26 bits per heavy atom. The second kappa shape index (κ2) is 6.30. The fourth-order valence-corrected chi connectivity index (χ4v) is 2.27. The van der Waals surface area contributed by atoms with E-state index >= 15 is 0 Å². The van der Waals surface area contributed by atoms with E-state index in [1.807, 2.05) is 6.92 Å². The summed E-state index contributed by atoms with van der Waals surface area (Å²) < 4.78 is 6.54. The molecule has 5 heteroatoms. The van der Waals surface area contributed by atoms with Crippen LogP contribution in [0.25, 0.3) is 0 Å². The van der Waals surface area contributed by atoms with E-state index < -0.39 is 0 Å². The molecule has 19 heavy (non-hydrogen) atoms. The molecule has 0 aliphatic rings. The van der Waals surface area contributed by atoms with Crippen LogP contribution in [-0.2, 0) is 0 Å². The zero-order chi connectivity index (χ0) is 13.8. The van der Waals surface area contributed by atoms with Gasteiger partial charge in [-0.05, 0) is 31.0 Å². The van der Waals surface area contributed by atoms with Gasteiger partial charge in [0, 0.05) is 17.4 Å². The van der Waals surface area contributed by atoms with Gasteiger partial charge in [-0.25, -0.2) is 0 Å². The SMILES string of the molecule is CCC(NC(C)c1nnc(C)o1)c1ccc(Br)cc1. The minimum atomic E-state index is 0.0368. The number of nitrogens with one attached hydrogen (secondary N) is 1. The molecule has 0 spiro atoms. The Morgan fingerprint density at radius 3 is 2.47 bits per heavy atom. The number of halogens is 1. The highest BCUT2D eigenvalue weighted by Crippen LogP contribution is 2.23. The molecule has 0 saturated heterocycles. The summed E-state index contributed by atoms with van der Waals surface area (Å²) in [6.07, 6.45) is 0.999. The average Bonchev–Trinajstić information content (AvgIpc) is 2.84. The molecule has 0 radical (unpaired) electrons. The highest BCUT2D eigenvalue weighted by molar-refractivity contribution is 9.10. The van der Waals surface area contributed by atoms with Gasteiger partial charge in [-0.15, -0.1) is 10.2 Å². The summed E-state index contributed by atoms with van der Waals surface area (Å²) in [6.45, 7) is 6.00.